The molecule has 1 aromatic rings. The molecule has 1 saturated heterocycles. The van der Waals surface area contributed by atoms with Crippen molar-refractivity contribution in [2.45, 2.75) is 45.2 Å². The Kier molecular flexibility index (Phi) is 5.12. The number of hydrogen-bond acceptors (Lipinski definition) is 3. The Balaban J connectivity index is 1.60. The number of piperazine rings is 1. The first-order chi connectivity index (χ1) is 11.1. The first kappa shape index (κ1) is 16.6. The zero-order valence-electron chi connectivity index (χ0n) is 13.8. The van der Waals surface area contributed by atoms with Gasteiger partial charge in [-0.2, -0.15) is 0 Å². The number of halogens is 1. The quantitative estimate of drug-likeness (QED) is 0.863. The fourth-order valence-corrected chi connectivity index (χ4v) is 4.06. The fraction of sp³-hybridized carbons (Fsp3) is 0.611. The molecule has 23 heavy (non-hydrogen) atoms. The molecule has 0 spiro atoms. The summed E-state index contributed by atoms with van der Waals surface area (Å²) in [6, 6.07) is 6.06. The van der Waals surface area contributed by atoms with E-state index in [4.69, 9.17) is 17.3 Å². The summed E-state index contributed by atoms with van der Waals surface area (Å²) < 4.78 is 0. The average Bonchev–Trinajstić information content (AvgIpc) is 3.06. The Morgan fingerprint density at radius 1 is 1.30 bits per heavy atom. The largest absolute Gasteiger partial charge is 0.398 e. The number of hydrogen-bond donors (Lipinski definition) is 1. The lowest BCUT2D eigenvalue weighted by atomic mass is 10.0. The molecule has 1 aromatic carbocycles. The van der Waals surface area contributed by atoms with Crippen LogP contribution in [0.25, 0.3) is 0 Å². The second-order valence-corrected chi connectivity index (χ2v) is 7.30. The molecule has 2 aliphatic rings. The molecule has 0 bridgehead atoms. The van der Waals surface area contributed by atoms with Gasteiger partial charge in [0, 0.05) is 38.1 Å². The molecule has 126 valence electrons. The van der Waals surface area contributed by atoms with Crippen LogP contribution in [0.15, 0.2) is 18.2 Å². The van der Waals surface area contributed by atoms with E-state index in [0.29, 0.717) is 16.6 Å². The number of amides is 1. The summed E-state index contributed by atoms with van der Waals surface area (Å²) in [5.41, 5.74) is 7.58. The molecule has 0 aromatic heterocycles. The van der Waals surface area contributed by atoms with Crippen molar-refractivity contribution in [1.29, 1.82) is 0 Å². The fourth-order valence-electron chi connectivity index (χ4n) is 3.87. The number of nitrogens with two attached hydrogens (primary N) is 1. The molecular formula is C18H26ClN3O. The predicted octanol–water partition coefficient (Wildman–Crippen LogP) is 3.15. The van der Waals surface area contributed by atoms with Crippen molar-refractivity contribution in [2.75, 3.05) is 25.4 Å². The molecule has 2 fully saturated rings. The van der Waals surface area contributed by atoms with Gasteiger partial charge in [0.15, 0.2) is 0 Å². The summed E-state index contributed by atoms with van der Waals surface area (Å²) >= 11 is 6.30. The highest BCUT2D eigenvalue weighted by Gasteiger charge is 2.33. The highest BCUT2D eigenvalue weighted by Crippen LogP contribution is 2.29. The molecule has 0 radical (unpaired) electrons. The SMILES string of the molecule is CC1CN(Cc2cccc(N)c2Cl)CCN1C(=O)C1CCCC1. The van der Waals surface area contributed by atoms with Gasteiger partial charge in [0.1, 0.15) is 0 Å². The van der Waals surface area contributed by atoms with Crippen LogP contribution in [0.2, 0.25) is 5.02 Å². The summed E-state index contributed by atoms with van der Waals surface area (Å²) in [6.07, 6.45) is 4.56. The van der Waals surface area contributed by atoms with E-state index in [2.05, 4.69) is 16.7 Å². The summed E-state index contributed by atoms with van der Waals surface area (Å²) in [7, 11) is 0. The molecule has 1 atom stereocenters. The summed E-state index contributed by atoms with van der Waals surface area (Å²) in [5, 5.41) is 0.657. The number of benzene rings is 1. The number of nitrogen functional groups attached to an aromatic ring is 1. The number of nitrogens with zero attached hydrogens (tertiary/aromatic N) is 2. The van der Waals surface area contributed by atoms with Gasteiger partial charge >= 0.3 is 0 Å². The number of carbonyl (C=O) groups is 1. The van der Waals surface area contributed by atoms with Crippen molar-refractivity contribution < 1.29 is 4.79 Å². The lowest BCUT2D eigenvalue weighted by Gasteiger charge is -2.41. The van der Waals surface area contributed by atoms with Gasteiger partial charge in [0.05, 0.1) is 10.7 Å². The van der Waals surface area contributed by atoms with E-state index in [1.807, 2.05) is 18.2 Å². The zero-order chi connectivity index (χ0) is 16.4. The van der Waals surface area contributed by atoms with Crippen LogP contribution in [0.5, 0.6) is 0 Å². The lowest BCUT2D eigenvalue weighted by molar-refractivity contribution is -0.140. The minimum Gasteiger partial charge on any atom is -0.398 e. The maximum atomic E-state index is 12.6. The molecule has 4 nitrogen and oxygen atoms in total. The normalized spacial score (nSPS) is 23.4. The lowest BCUT2D eigenvalue weighted by Crippen LogP contribution is -2.54. The van der Waals surface area contributed by atoms with Crippen molar-refractivity contribution in [3.05, 3.63) is 28.8 Å². The van der Waals surface area contributed by atoms with Crippen molar-refractivity contribution in [2.24, 2.45) is 5.92 Å². The van der Waals surface area contributed by atoms with E-state index in [1.54, 1.807) is 0 Å². The molecule has 5 heteroatoms. The van der Waals surface area contributed by atoms with E-state index >= 15 is 0 Å². The second kappa shape index (κ2) is 7.10. The van der Waals surface area contributed by atoms with Crippen molar-refractivity contribution in [1.82, 2.24) is 9.80 Å². The molecule has 1 amide bonds. The van der Waals surface area contributed by atoms with E-state index < -0.39 is 0 Å². The molecule has 1 aliphatic heterocycles. The Labute approximate surface area is 143 Å². The molecule has 1 saturated carbocycles. The van der Waals surface area contributed by atoms with Gasteiger partial charge in [-0.15, -0.1) is 0 Å². The van der Waals surface area contributed by atoms with E-state index in [1.165, 1.54) is 12.8 Å². The van der Waals surface area contributed by atoms with E-state index in [-0.39, 0.29) is 12.0 Å². The van der Waals surface area contributed by atoms with Crippen LogP contribution in [0.3, 0.4) is 0 Å². The van der Waals surface area contributed by atoms with Crippen LogP contribution in [0, 0.1) is 5.92 Å². The monoisotopic (exact) mass is 335 g/mol. The van der Waals surface area contributed by atoms with Gasteiger partial charge in [-0.05, 0) is 31.4 Å². The van der Waals surface area contributed by atoms with Crippen molar-refractivity contribution in [3.63, 3.8) is 0 Å². The minimum atomic E-state index is 0.261. The van der Waals surface area contributed by atoms with Gasteiger partial charge in [0.25, 0.3) is 0 Å². The summed E-state index contributed by atoms with van der Waals surface area (Å²) in [5.74, 6) is 0.643. The van der Waals surface area contributed by atoms with Crippen LogP contribution in [0.1, 0.15) is 38.2 Å². The van der Waals surface area contributed by atoms with Gasteiger partial charge in [-0.3, -0.25) is 9.69 Å². The number of rotatable bonds is 3. The maximum absolute atomic E-state index is 12.6. The topological polar surface area (TPSA) is 49.6 Å². The van der Waals surface area contributed by atoms with Crippen LogP contribution in [-0.2, 0) is 11.3 Å². The predicted molar refractivity (Wildman–Crippen MR) is 94.3 cm³/mol. The van der Waals surface area contributed by atoms with Crippen molar-refractivity contribution in [3.8, 4) is 0 Å². The highest BCUT2D eigenvalue weighted by atomic mass is 35.5. The van der Waals surface area contributed by atoms with Gasteiger partial charge in [-0.1, -0.05) is 36.6 Å². The molecule has 2 N–H and O–H groups in total. The zero-order valence-corrected chi connectivity index (χ0v) is 14.6. The number of carbonyl (C=O) groups excluding carboxylic acids is 1. The Morgan fingerprint density at radius 2 is 2.04 bits per heavy atom. The second-order valence-electron chi connectivity index (χ2n) is 6.92. The van der Waals surface area contributed by atoms with Crippen LogP contribution < -0.4 is 5.73 Å². The molecule has 1 heterocycles. The average molecular weight is 336 g/mol. The third-order valence-electron chi connectivity index (χ3n) is 5.20. The van der Waals surface area contributed by atoms with Crippen molar-refractivity contribution >= 4 is 23.2 Å². The summed E-state index contributed by atoms with van der Waals surface area (Å²) in [6.45, 7) is 5.55. The molecule has 1 unspecified atom stereocenters. The third kappa shape index (κ3) is 3.64. The number of anilines is 1. The first-order valence-corrected chi connectivity index (χ1v) is 8.99. The van der Waals surface area contributed by atoms with Gasteiger partial charge in [0.2, 0.25) is 5.91 Å². The van der Waals surface area contributed by atoms with Gasteiger partial charge < -0.3 is 10.6 Å². The molecule has 1 aliphatic carbocycles. The summed E-state index contributed by atoms with van der Waals surface area (Å²) in [4.78, 5) is 17.1. The van der Waals surface area contributed by atoms with E-state index in [0.717, 1.165) is 44.6 Å². The van der Waals surface area contributed by atoms with E-state index in [9.17, 15) is 4.79 Å². The van der Waals surface area contributed by atoms with Gasteiger partial charge in [-0.25, -0.2) is 0 Å². The third-order valence-corrected chi connectivity index (χ3v) is 5.66. The first-order valence-electron chi connectivity index (χ1n) is 8.62. The molecular weight excluding hydrogens is 310 g/mol. The Morgan fingerprint density at radius 3 is 2.74 bits per heavy atom. The minimum absolute atomic E-state index is 0.261. The highest BCUT2D eigenvalue weighted by molar-refractivity contribution is 6.33. The van der Waals surface area contributed by atoms with Crippen LogP contribution in [-0.4, -0.2) is 41.4 Å². The maximum Gasteiger partial charge on any atom is 0.226 e. The Hall–Kier alpha value is -1.26. The standard InChI is InChI=1S/C18H26ClN3O/c1-13-11-21(12-15-7-4-8-16(20)17(15)19)9-10-22(13)18(23)14-5-2-3-6-14/h4,7-8,13-14H,2-3,5-6,9-12,20H2,1H3. The smallest absolute Gasteiger partial charge is 0.226 e. The Bertz CT molecular complexity index is 571. The molecule has 3 rings (SSSR count). The van der Waals surface area contributed by atoms with Crippen LogP contribution in [0.4, 0.5) is 5.69 Å². The van der Waals surface area contributed by atoms with Crippen LogP contribution >= 0.6 is 11.6 Å².